The number of amides is 1. The van der Waals surface area contributed by atoms with Gasteiger partial charge in [0, 0.05) is 55.5 Å². The van der Waals surface area contributed by atoms with Crippen molar-refractivity contribution >= 4 is 28.9 Å². The number of hydrogen-bond acceptors (Lipinski definition) is 3. The van der Waals surface area contributed by atoms with Crippen LogP contribution in [0.25, 0.3) is 0 Å². The van der Waals surface area contributed by atoms with E-state index < -0.39 is 0 Å². The van der Waals surface area contributed by atoms with Crippen LogP contribution in [0.1, 0.15) is 23.1 Å². The number of nitrogens with zero attached hydrogens (tertiary/aromatic N) is 2. The minimum Gasteiger partial charge on any atom is -0.369 e. The molecule has 2 aromatic carbocycles. The van der Waals surface area contributed by atoms with Crippen molar-refractivity contribution in [3.8, 4) is 0 Å². The van der Waals surface area contributed by atoms with Gasteiger partial charge in [0.2, 0.25) is 5.91 Å². The van der Waals surface area contributed by atoms with Gasteiger partial charge in [0.15, 0.2) is 0 Å². The summed E-state index contributed by atoms with van der Waals surface area (Å²) >= 11 is 6.09. The van der Waals surface area contributed by atoms with Crippen LogP contribution in [-0.2, 0) is 4.79 Å². The normalized spacial score (nSPS) is 15.0. The molecule has 5 heteroatoms. The molecule has 0 bridgehead atoms. The summed E-state index contributed by atoms with van der Waals surface area (Å²) in [5.74, 6) is 0.0855. The average molecular weight is 386 g/mol. The summed E-state index contributed by atoms with van der Waals surface area (Å²) in [6, 6.07) is 12.2. The molecule has 4 nitrogen and oxygen atoms in total. The van der Waals surface area contributed by atoms with Crippen LogP contribution in [0.4, 0.5) is 11.4 Å². The quantitative estimate of drug-likeness (QED) is 0.827. The van der Waals surface area contributed by atoms with Crippen LogP contribution in [0.5, 0.6) is 0 Å². The van der Waals surface area contributed by atoms with E-state index in [0.717, 1.165) is 54.6 Å². The fraction of sp³-hybridized carbons (Fsp3) is 0.409. The molecule has 27 heavy (non-hydrogen) atoms. The fourth-order valence-corrected chi connectivity index (χ4v) is 3.93. The zero-order valence-electron chi connectivity index (χ0n) is 16.4. The van der Waals surface area contributed by atoms with Crippen LogP contribution in [0.3, 0.4) is 0 Å². The Labute approximate surface area is 167 Å². The second kappa shape index (κ2) is 8.77. The molecule has 0 unspecified atom stereocenters. The number of nitrogens with one attached hydrogen (secondary N) is 1. The highest BCUT2D eigenvalue weighted by atomic mass is 35.5. The molecule has 1 N–H and O–H groups in total. The molecular weight excluding hydrogens is 358 g/mol. The van der Waals surface area contributed by atoms with Crippen molar-refractivity contribution in [1.29, 1.82) is 0 Å². The van der Waals surface area contributed by atoms with Gasteiger partial charge in [-0.1, -0.05) is 35.4 Å². The molecule has 144 valence electrons. The van der Waals surface area contributed by atoms with Crippen molar-refractivity contribution < 1.29 is 4.79 Å². The molecular formula is C22H28ClN3O. The van der Waals surface area contributed by atoms with Gasteiger partial charge in [0.05, 0.1) is 0 Å². The van der Waals surface area contributed by atoms with E-state index in [9.17, 15) is 4.79 Å². The van der Waals surface area contributed by atoms with Crippen LogP contribution in [0, 0.1) is 20.8 Å². The lowest BCUT2D eigenvalue weighted by Crippen LogP contribution is -2.47. The minimum absolute atomic E-state index is 0.0855. The lowest BCUT2D eigenvalue weighted by atomic mass is 10.0. The number of rotatable bonds is 5. The Kier molecular flexibility index (Phi) is 6.40. The van der Waals surface area contributed by atoms with E-state index in [1.807, 2.05) is 32.0 Å². The van der Waals surface area contributed by atoms with Crippen molar-refractivity contribution in [2.24, 2.45) is 0 Å². The Morgan fingerprint density at radius 3 is 2.33 bits per heavy atom. The predicted molar refractivity (Wildman–Crippen MR) is 114 cm³/mol. The number of hydrogen-bond donors (Lipinski definition) is 1. The largest absolute Gasteiger partial charge is 0.369 e. The van der Waals surface area contributed by atoms with Gasteiger partial charge < -0.3 is 10.2 Å². The molecule has 1 fully saturated rings. The third-order valence-electron chi connectivity index (χ3n) is 5.14. The van der Waals surface area contributed by atoms with Crippen molar-refractivity contribution in [2.45, 2.75) is 27.2 Å². The molecule has 1 saturated heterocycles. The van der Waals surface area contributed by atoms with Gasteiger partial charge >= 0.3 is 0 Å². The third-order valence-corrected chi connectivity index (χ3v) is 5.38. The second-order valence-corrected chi connectivity index (χ2v) is 7.82. The number of carbonyl (C=O) groups is 1. The van der Waals surface area contributed by atoms with E-state index in [1.165, 1.54) is 11.3 Å². The Morgan fingerprint density at radius 2 is 1.70 bits per heavy atom. The van der Waals surface area contributed by atoms with Gasteiger partial charge in [-0.15, -0.1) is 0 Å². The molecule has 0 atom stereocenters. The Hall–Kier alpha value is -2.04. The van der Waals surface area contributed by atoms with Crippen LogP contribution >= 0.6 is 11.6 Å². The molecule has 1 amide bonds. The molecule has 1 heterocycles. The third kappa shape index (κ3) is 5.24. The lowest BCUT2D eigenvalue weighted by molar-refractivity contribution is -0.116. The van der Waals surface area contributed by atoms with E-state index in [2.05, 4.69) is 40.2 Å². The molecule has 0 spiro atoms. The first-order valence-electron chi connectivity index (χ1n) is 9.53. The fourth-order valence-electron chi connectivity index (χ4n) is 3.74. The minimum atomic E-state index is 0.0855. The van der Waals surface area contributed by atoms with Gasteiger partial charge in [-0.3, -0.25) is 9.69 Å². The summed E-state index contributed by atoms with van der Waals surface area (Å²) in [6.07, 6.45) is 0.518. The lowest BCUT2D eigenvalue weighted by Gasteiger charge is -2.36. The number of piperazine rings is 1. The predicted octanol–water partition coefficient (Wildman–Crippen LogP) is 4.42. The van der Waals surface area contributed by atoms with E-state index in [-0.39, 0.29) is 5.91 Å². The topological polar surface area (TPSA) is 35.6 Å². The summed E-state index contributed by atoms with van der Waals surface area (Å²) in [4.78, 5) is 17.1. The second-order valence-electron chi connectivity index (χ2n) is 7.38. The maximum Gasteiger partial charge on any atom is 0.225 e. The highest BCUT2D eigenvalue weighted by Gasteiger charge is 2.18. The maximum absolute atomic E-state index is 12.4. The molecule has 0 aliphatic carbocycles. The van der Waals surface area contributed by atoms with E-state index in [4.69, 9.17) is 11.6 Å². The summed E-state index contributed by atoms with van der Waals surface area (Å²) in [7, 11) is 0. The van der Waals surface area contributed by atoms with Crippen LogP contribution in [0.15, 0.2) is 36.4 Å². The molecule has 2 aromatic rings. The van der Waals surface area contributed by atoms with Crippen LogP contribution in [-0.4, -0.2) is 43.5 Å². The standard InChI is InChI=1S/C22H28ClN3O/c1-16-13-17(2)22(18(3)14-16)24-21(27)7-8-25-9-11-26(12-10-25)20-6-4-5-19(23)15-20/h4-6,13-15H,7-12H2,1-3H3,(H,24,27). The van der Waals surface area contributed by atoms with Crippen LogP contribution in [0.2, 0.25) is 5.02 Å². The zero-order valence-corrected chi connectivity index (χ0v) is 17.1. The smallest absolute Gasteiger partial charge is 0.225 e. The Morgan fingerprint density at radius 1 is 1.04 bits per heavy atom. The van der Waals surface area contributed by atoms with Crippen molar-refractivity contribution in [3.05, 3.63) is 58.1 Å². The van der Waals surface area contributed by atoms with Gasteiger partial charge in [-0.2, -0.15) is 0 Å². The highest BCUT2D eigenvalue weighted by molar-refractivity contribution is 6.30. The van der Waals surface area contributed by atoms with Crippen molar-refractivity contribution in [3.63, 3.8) is 0 Å². The number of carbonyl (C=O) groups excluding carboxylic acids is 1. The zero-order chi connectivity index (χ0) is 19.4. The SMILES string of the molecule is Cc1cc(C)c(NC(=O)CCN2CCN(c3cccc(Cl)c3)CC2)c(C)c1. The summed E-state index contributed by atoms with van der Waals surface area (Å²) in [5.41, 5.74) is 5.59. The number of aryl methyl sites for hydroxylation is 3. The first kappa shape index (κ1) is 19.7. The van der Waals surface area contributed by atoms with Crippen molar-refractivity contribution in [1.82, 2.24) is 4.90 Å². The van der Waals surface area contributed by atoms with E-state index in [1.54, 1.807) is 0 Å². The van der Waals surface area contributed by atoms with Gasteiger partial charge in [0.25, 0.3) is 0 Å². The Bertz CT molecular complexity index is 790. The molecule has 3 rings (SSSR count). The first-order valence-corrected chi connectivity index (χ1v) is 9.91. The highest BCUT2D eigenvalue weighted by Crippen LogP contribution is 2.23. The average Bonchev–Trinajstić information content (AvgIpc) is 2.63. The van der Waals surface area contributed by atoms with Gasteiger partial charge in [-0.05, 0) is 50.1 Å². The van der Waals surface area contributed by atoms with E-state index >= 15 is 0 Å². The molecule has 0 saturated carbocycles. The monoisotopic (exact) mass is 385 g/mol. The first-order chi connectivity index (χ1) is 12.9. The number of anilines is 2. The number of halogens is 1. The molecule has 1 aliphatic heterocycles. The van der Waals surface area contributed by atoms with Crippen LogP contribution < -0.4 is 10.2 Å². The maximum atomic E-state index is 12.4. The molecule has 0 aromatic heterocycles. The Balaban J connectivity index is 1.47. The summed E-state index contributed by atoms with van der Waals surface area (Å²) < 4.78 is 0. The number of benzene rings is 2. The molecule has 0 radical (unpaired) electrons. The van der Waals surface area contributed by atoms with Crippen molar-refractivity contribution in [2.75, 3.05) is 42.9 Å². The van der Waals surface area contributed by atoms with E-state index in [0.29, 0.717) is 6.42 Å². The van der Waals surface area contributed by atoms with Gasteiger partial charge in [-0.25, -0.2) is 0 Å². The molecule has 1 aliphatic rings. The summed E-state index contributed by atoms with van der Waals surface area (Å²) in [6.45, 7) is 10.8. The van der Waals surface area contributed by atoms with Gasteiger partial charge in [0.1, 0.15) is 0 Å². The summed E-state index contributed by atoms with van der Waals surface area (Å²) in [5, 5.41) is 3.87.